The minimum atomic E-state index is -1.36. The molecule has 1 rings (SSSR count). The van der Waals surface area contributed by atoms with Crippen LogP contribution in [0.2, 0.25) is 0 Å². The van der Waals surface area contributed by atoms with Gasteiger partial charge in [0.05, 0.1) is 25.8 Å². The number of aliphatic hydroxyl groups is 2. The van der Waals surface area contributed by atoms with Crippen molar-refractivity contribution in [3.63, 3.8) is 0 Å². The summed E-state index contributed by atoms with van der Waals surface area (Å²) in [6.07, 6.45) is -1.85. The third-order valence-corrected chi connectivity index (χ3v) is 2.99. The first-order valence-electron chi connectivity index (χ1n) is 4.64. The first-order chi connectivity index (χ1) is 7.95. The highest BCUT2D eigenvalue weighted by atomic mass is 32.1. The Bertz CT molecular complexity index is 419. The van der Waals surface area contributed by atoms with Crippen LogP contribution in [-0.4, -0.2) is 40.3 Å². The van der Waals surface area contributed by atoms with Crippen LogP contribution in [0.5, 0.6) is 0 Å². The Morgan fingerprint density at radius 1 is 1.59 bits per heavy atom. The fourth-order valence-electron chi connectivity index (χ4n) is 1.10. The molecule has 0 aliphatic heterocycles. The lowest BCUT2D eigenvalue weighted by atomic mass is 10.1. The lowest BCUT2D eigenvalue weighted by Gasteiger charge is -2.13. The monoisotopic (exact) mass is 260 g/mol. The van der Waals surface area contributed by atoms with Crippen LogP contribution >= 0.6 is 11.3 Å². The number of carbonyl (C=O) groups is 2. The number of rotatable bonds is 5. The van der Waals surface area contributed by atoms with E-state index < -0.39 is 24.1 Å². The molecule has 2 atom stereocenters. The van der Waals surface area contributed by atoms with Gasteiger partial charge in [-0.3, -0.25) is 4.79 Å². The molecule has 0 aliphatic carbocycles. The lowest BCUT2D eigenvalue weighted by Crippen LogP contribution is -2.25. The van der Waals surface area contributed by atoms with E-state index in [4.69, 9.17) is 5.73 Å². The van der Waals surface area contributed by atoms with Crippen LogP contribution in [0.15, 0.2) is 6.20 Å². The number of amides is 1. The van der Waals surface area contributed by atoms with Gasteiger partial charge in [-0.25, -0.2) is 9.78 Å². The minimum absolute atomic E-state index is 0.124. The summed E-state index contributed by atoms with van der Waals surface area (Å²) in [5.41, 5.74) is 4.88. The average Bonchev–Trinajstić information content (AvgIpc) is 2.75. The molecule has 94 valence electrons. The highest BCUT2D eigenvalue weighted by Crippen LogP contribution is 2.24. The summed E-state index contributed by atoms with van der Waals surface area (Å²) in [5, 5.41) is 19.2. The van der Waals surface area contributed by atoms with Crippen LogP contribution in [-0.2, 0) is 9.53 Å². The Labute approximate surface area is 101 Å². The van der Waals surface area contributed by atoms with Crippen molar-refractivity contribution in [2.45, 2.75) is 18.6 Å². The Balaban J connectivity index is 2.75. The van der Waals surface area contributed by atoms with Crippen molar-refractivity contribution in [1.29, 1.82) is 0 Å². The Kier molecular flexibility index (Phi) is 4.55. The van der Waals surface area contributed by atoms with Gasteiger partial charge in [-0.1, -0.05) is 0 Å². The molecule has 4 N–H and O–H groups in total. The standard InChI is InChI=1S/C9H12N2O5S/c1-16-9(15)5-3-11-8(17-5)7(14)4(12)2-6(10)13/h3-4,7,12,14H,2H2,1H3,(H2,10,13). The molecule has 0 aliphatic rings. The van der Waals surface area contributed by atoms with E-state index in [1.165, 1.54) is 13.3 Å². The second-order valence-corrected chi connectivity index (χ2v) is 4.30. The number of primary amides is 1. The maximum absolute atomic E-state index is 11.1. The van der Waals surface area contributed by atoms with Gasteiger partial charge < -0.3 is 20.7 Å². The third-order valence-electron chi connectivity index (χ3n) is 1.94. The molecule has 0 aromatic carbocycles. The van der Waals surface area contributed by atoms with Crippen molar-refractivity contribution >= 4 is 23.2 Å². The molecule has 0 fully saturated rings. The van der Waals surface area contributed by atoms with Crippen molar-refractivity contribution in [3.05, 3.63) is 16.1 Å². The number of hydrogen-bond donors (Lipinski definition) is 3. The summed E-state index contributed by atoms with van der Waals surface area (Å²) < 4.78 is 4.47. The molecular weight excluding hydrogens is 248 g/mol. The molecule has 0 saturated heterocycles. The topological polar surface area (TPSA) is 123 Å². The van der Waals surface area contributed by atoms with E-state index in [2.05, 4.69) is 9.72 Å². The van der Waals surface area contributed by atoms with E-state index in [1.54, 1.807) is 0 Å². The number of carbonyl (C=O) groups excluding carboxylic acids is 2. The average molecular weight is 260 g/mol. The molecular formula is C9H12N2O5S. The molecule has 1 aromatic heterocycles. The normalized spacial score (nSPS) is 14.1. The van der Waals surface area contributed by atoms with Gasteiger partial charge in [0.25, 0.3) is 0 Å². The summed E-state index contributed by atoms with van der Waals surface area (Å²) in [5.74, 6) is -1.31. The minimum Gasteiger partial charge on any atom is -0.465 e. The van der Waals surface area contributed by atoms with Crippen LogP contribution < -0.4 is 5.73 Å². The number of aromatic nitrogens is 1. The Morgan fingerprint density at radius 2 is 2.24 bits per heavy atom. The van der Waals surface area contributed by atoms with Gasteiger partial charge in [-0.05, 0) is 0 Å². The summed E-state index contributed by atoms with van der Waals surface area (Å²) in [4.78, 5) is 25.7. The summed E-state index contributed by atoms with van der Waals surface area (Å²) in [6, 6.07) is 0. The molecule has 8 heteroatoms. The molecule has 0 saturated carbocycles. The van der Waals surface area contributed by atoms with Crippen LogP contribution in [0.4, 0.5) is 0 Å². The molecule has 0 bridgehead atoms. The van der Waals surface area contributed by atoms with Gasteiger partial charge in [0.15, 0.2) is 0 Å². The third kappa shape index (κ3) is 3.48. The zero-order valence-corrected chi connectivity index (χ0v) is 9.81. The van der Waals surface area contributed by atoms with E-state index in [0.29, 0.717) is 0 Å². The summed E-state index contributed by atoms with van der Waals surface area (Å²) in [6.45, 7) is 0. The first kappa shape index (κ1) is 13.6. The van der Waals surface area contributed by atoms with E-state index in [9.17, 15) is 19.8 Å². The number of hydrogen-bond acceptors (Lipinski definition) is 7. The van der Waals surface area contributed by atoms with Crippen molar-refractivity contribution in [1.82, 2.24) is 4.98 Å². The zero-order valence-electron chi connectivity index (χ0n) is 8.99. The van der Waals surface area contributed by atoms with Gasteiger partial charge in [-0.2, -0.15) is 0 Å². The Hall–Kier alpha value is -1.51. The van der Waals surface area contributed by atoms with E-state index in [1.807, 2.05) is 0 Å². The smallest absolute Gasteiger partial charge is 0.349 e. The molecule has 7 nitrogen and oxygen atoms in total. The molecule has 0 radical (unpaired) electrons. The SMILES string of the molecule is COC(=O)c1cnc(C(O)C(O)CC(N)=O)s1. The number of methoxy groups -OCH3 is 1. The van der Waals surface area contributed by atoms with Crippen LogP contribution in [0.1, 0.15) is 27.2 Å². The van der Waals surface area contributed by atoms with Crippen molar-refractivity contribution in [2.75, 3.05) is 7.11 Å². The highest BCUT2D eigenvalue weighted by Gasteiger charge is 2.24. The largest absolute Gasteiger partial charge is 0.465 e. The number of aliphatic hydroxyl groups excluding tert-OH is 2. The maximum atomic E-state index is 11.1. The van der Waals surface area contributed by atoms with Crippen LogP contribution in [0.3, 0.4) is 0 Å². The Morgan fingerprint density at radius 3 is 2.76 bits per heavy atom. The van der Waals surface area contributed by atoms with E-state index >= 15 is 0 Å². The molecule has 1 heterocycles. The fourth-order valence-corrected chi connectivity index (χ4v) is 1.98. The van der Waals surface area contributed by atoms with Gasteiger partial charge in [0.2, 0.25) is 5.91 Å². The first-order valence-corrected chi connectivity index (χ1v) is 5.45. The molecule has 0 spiro atoms. The maximum Gasteiger partial charge on any atom is 0.349 e. The molecule has 17 heavy (non-hydrogen) atoms. The lowest BCUT2D eigenvalue weighted by molar-refractivity contribution is -0.121. The number of nitrogens with zero attached hydrogens (tertiary/aromatic N) is 1. The zero-order chi connectivity index (χ0) is 13.0. The van der Waals surface area contributed by atoms with Crippen molar-refractivity contribution in [3.8, 4) is 0 Å². The number of ether oxygens (including phenoxy) is 1. The predicted molar refractivity (Wildman–Crippen MR) is 58.2 cm³/mol. The van der Waals surface area contributed by atoms with Gasteiger partial charge in [0, 0.05) is 0 Å². The number of thiazole rings is 1. The molecule has 1 aromatic rings. The second-order valence-electron chi connectivity index (χ2n) is 3.24. The van der Waals surface area contributed by atoms with Crippen molar-refractivity contribution in [2.24, 2.45) is 5.73 Å². The van der Waals surface area contributed by atoms with Crippen LogP contribution in [0, 0.1) is 0 Å². The fraction of sp³-hybridized carbons (Fsp3) is 0.444. The summed E-state index contributed by atoms with van der Waals surface area (Å²) in [7, 11) is 1.22. The molecule has 1 amide bonds. The quantitative estimate of drug-likeness (QED) is 0.595. The van der Waals surface area contributed by atoms with Gasteiger partial charge in [-0.15, -0.1) is 11.3 Å². The molecule has 2 unspecified atom stereocenters. The second kappa shape index (κ2) is 5.71. The van der Waals surface area contributed by atoms with Crippen molar-refractivity contribution < 1.29 is 24.5 Å². The van der Waals surface area contributed by atoms with E-state index in [0.717, 1.165) is 11.3 Å². The number of nitrogens with two attached hydrogens (primary N) is 1. The van der Waals surface area contributed by atoms with Gasteiger partial charge in [0.1, 0.15) is 16.0 Å². The van der Waals surface area contributed by atoms with Gasteiger partial charge >= 0.3 is 5.97 Å². The highest BCUT2D eigenvalue weighted by molar-refractivity contribution is 7.13. The van der Waals surface area contributed by atoms with Crippen LogP contribution in [0.25, 0.3) is 0 Å². The summed E-state index contributed by atoms with van der Waals surface area (Å²) >= 11 is 0.881. The van der Waals surface area contributed by atoms with E-state index in [-0.39, 0.29) is 16.3 Å². The predicted octanol–water partition coefficient (Wildman–Crippen LogP) is -0.801. The number of esters is 1.